The van der Waals surface area contributed by atoms with Crippen LogP contribution in [0.1, 0.15) is 82.6 Å². The monoisotopic (exact) mass is 576 g/mol. The second kappa shape index (κ2) is 11.9. The van der Waals surface area contributed by atoms with Gasteiger partial charge in [0.1, 0.15) is 17.2 Å². The minimum absolute atomic E-state index is 0.0346. The highest BCUT2D eigenvalue weighted by Crippen LogP contribution is 2.42. The molecule has 3 N–H and O–H groups in total. The lowest BCUT2D eigenvalue weighted by atomic mass is 9.92. The van der Waals surface area contributed by atoms with Crippen LogP contribution in [0.5, 0.6) is 17.2 Å². The van der Waals surface area contributed by atoms with Crippen molar-refractivity contribution in [2.45, 2.75) is 97.5 Å². The summed E-state index contributed by atoms with van der Waals surface area (Å²) in [6.07, 6.45) is 4.73. The Kier molecular flexibility index (Phi) is 8.90. The fraction of sp³-hybridized carbons (Fsp3) is 0.471. The molecule has 226 valence electrons. The van der Waals surface area contributed by atoms with Crippen LogP contribution in [0, 0.1) is 13.8 Å². The molecule has 2 aromatic carbocycles. The zero-order valence-electron chi connectivity index (χ0n) is 26.0. The van der Waals surface area contributed by atoms with E-state index < -0.39 is 11.2 Å². The maximum Gasteiger partial charge on any atom is 0.254 e. The Morgan fingerprint density at radius 3 is 2.02 bits per heavy atom. The molecule has 1 heterocycles. The molecule has 1 fully saturated rings. The highest BCUT2D eigenvalue weighted by Gasteiger charge is 2.27. The first-order valence-electron chi connectivity index (χ1n) is 14.6. The summed E-state index contributed by atoms with van der Waals surface area (Å²) in [5, 5.41) is 24.4. The van der Waals surface area contributed by atoms with E-state index in [1.165, 1.54) is 17.6 Å². The Balaban J connectivity index is 1.78. The Morgan fingerprint density at radius 1 is 0.881 bits per heavy atom. The van der Waals surface area contributed by atoms with Gasteiger partial charge in [-0.1, -0.05) is 6.07 Å². The molecule has 8 heteroatoms. The number of carbonyl (C=O) groups is 1. The van der Waals surface area contributed by atoms with Crippen LogP contribution in [0.3, 0.4) is 0 Å². The molecule has 0 unspecified atom stereocenters. The first-order valence-corrected chi connectivity index (χ1v) is 14.6. The highest BCUT2D eigenvalue weighted by atomic mass is 16.5. The summed E-state index contributed by atoms with van der Waals surface area (Å²) in [5.41, 5.74) is 2.28. The van der Waals surface area contributed by atoms with Gasteiger partial charge in [-0.15, -0.1) is 0 Å². The minimum Gasteiger partial charge on any atom is -0.490 e. The molecule has 0 radical (unpaired) electrons. The third-order valence-electron chi connectivity index (χ3n) is 7.92. The number of nitrogens with zero attached hydrogens (tertiary/aromatic N) is 1. The summed E-state index contributed by atoms with van der Waals surface area (Å²) in [5.74, 6) is 1.63. The van der Waals surface area contributed by atoms with Crippen molar-refractivity contribution >= 4 is 5.91 Å². The van der Waals surface area contributed by atoms with Gasteiger partial charge in [0.2, 0.25) is 5.91 Å². The van der Waals surface area contributed by atoms with Crippen molar-refractivity contribution in [3.63, 3.8) is 0 Å². The number of ether oxygens (including phenoxy) is 2. The van der Waals surface area contributed by atoms with E-state index in [-0.39, 0.29) is 23.6 Å². The number of amides is 1. The van der Waals surface area contributed by atoms with E-state index >= 15 is 0 Å². The summed E-state index contributed by atoms with van der Waals surface area (Å²) in [6, 6.07) is 11.0. The van der Waals surface area contributed by atoms with Gasteiger partial charge in [0.05, 0.1) is 17.3 Å². The van der Waals surface area contributed by atoms with E-state index in [2.05, 4.69) is 5.32 Å². The number of rotatable bonds is 8. The fourth-order valence-corrected chi connectivity index (χ4v) is 5.49. The van der Waals surface area contributed by atoms with Gasteiger partial charge < -0.3 is 29.6 Å². The van der Waals surface area contributed by atoms with E-state index in [1.807, 2.05) is 44.2 Å². The number of carbonyl (C=O) groups excluding carboxylic acids is 1. The van der Waals surface area contributed by atoms with Gasteiger partial charge in [-0.3, -0.25) is 9.59 Å². The number of hydrogen-bond donors (Lipinski definition) is 3. The van der Waals surface area contributed by atoms with Crippen molar-refractivity contribution in [1.29, 1.82) is 0 Å². The molecule has 0 saturated heterocycles. The number of benzene rings is 2. The Labute approximate surface area is 248 Å². The molecule has 1 saturated carbocycles. The first-order chi connectivity index (χ1) is 19.5. The van der Waals surface area contributed by atoms with E-state index in [0.29, 0.717) is 33.9 Å². The lowest BCUT2D eigenvalue weighted by molar-refractivity contribution is -0.120. The lowest BCUT2D eigenvalue weighted by Gasteiger charge is -2.30. The largest absolute Gasteiger partial charge is 0.490 e. The second-order valence-corrected chi connectivity index (χ2v) is 12.7. The van der Waals surface area contributed by atoms with Gasteiger partial charge in [0, 0.05) is 43.4 Å². The normalized spacial score (nSPS) is 17.6. The van der Waals surface area contributed by atoms with E-state index in [1.54, 1.807) is 40.9 Å². The van der Waals surface area contributed by atoms with Crippen molar-refractivity contribution in [2.75, 3.05) is 0 Å². The quantitative estimate of drug-likeness (QED) is 0.315. The van der Waals surface area contributed by atoms with E-state index in [9.17, 15) is 19.8 Å². The molecule has 0 aliphatic heterocycles. The van der Waals surface area contributed by atoms with Crippen LogP contribution in [0.15, 0.2) is 47.4 Å². The Morgan fingerprint density at radius 2 is 1.48 bits per heavy atom. The van der Waals surface area contributed by atoms with Gasteiger partial charge in [0.15, 0.2) is 0 Å². The maximum atomic E-state index is 12.8. The van der Waals surface area contributed by atoms with Crippen molar-refractivity contribution in [1.82, 2.24) is 9.88 Å². The first kappa shape index (κ1) is 31.3. The van der Waals surface area contributed by atoms with Crippen molar-refractivity contribution in [3.8, 4) is 28.4 Å². The van der Waals surface area contributed by atoms with Gasteiger partial charge in [-0.25, -0.2) is 0 Å². The average molecular weight is 577 g/mol. The number of aliphatic hydroxyl groups is 2. The van der Waals surface area contributed by atoms with E-state index in [4.69, 9.17) is 9.47 Å². The topological polar surface area (TPSA) is 110 Å². The van der Waals surface area contributed by atoms with Gasteiger partial charge >= 0.3 is 0 Å². The number of nitrogens with one attached hydrogen (secondary N) is 1. The molecule has 8 nitrogen and oxygen atoms in total. The molecule has 1 aliphatic rings. The number of hydrogen-bond acceptors (Lipinski definition) is 6. The Hall–Kier alpha value is -3.62. The molecule has 0 atom stereocenters. The lowest BCUT2D eigenvalue weighted by Crippen LogP contribution is -2.38. The van der Waals surface area contributed by atoms with Crippen molar-refractivity contribution < 1.29 is 24.5 Å². The van der Waals surface area contributed by atoms with Crippen LogP contribution in [-0.2, 0) is 23.0 Å². The predicted molar refractivity (Wildman–Crippen MR) is 164 cm³/mol. The zero-order valence-corrected chi connectivity index (χ0v) is 26.0. The molecule has 1 aromatic heterocycles. The molecule has 3 aromatic rings. The molecule has 0 spiro atoms. The van der Waals surface area contributed by atoms with E-state index in [0.717, 1.165) is 42.4 Å². The Bertz CT molecular complexity index is 1500. The average Bonchev–Trinajstić information content (AvgIpc) is 2.88. The maximum absolute atomic E-state index is 12.8. The molecular formula is C34H44N2O6. The van der Waals surface area contributed by atoms with Crippen molar-refractivity contribution in [3.05, 3.63) is 75.2 Å². The van der Waals surface area contributed by atoms with Gasteiger partial charge in [-0.2, -0.15) is 0 Å². The van der Waals surface area contributed by atoms with Crippen LogP contribution in [0.2, 0.25) is 0 Å². The van der Waals surface area contributed by atoms with Crippen molar-refractivity contribution in [2.24, 2.45) is 7.05 Å². The number of aryl methyl sites for hydroxylation is 3. The summed E-state index contributed by atoms with van der Waals surface area (Å²) >= 11 is 0. The molecule has 42 heavy (non-hydrogen) atoms. The molecule has 4 rings (SSSR count). The summed E-state index contributed by atoms with van der Waals surface area (Å²) in [7, 11) is 1.69. The molecule has 1 aliphatic carbocycles. The molecule has 1 amide bonds. The van der Waals surface area contributed by atoms with Crippen LogP contribution >= 0.6 is 0 Å². The molecular weight excluding hydrogens is 532 g/mol. The van der Waals surface area contributed by atoms with Crippen LogP contribution in [-0.4, -0.2) is 32.8 Å². The SMILES string of the molecule is CC(=O)N[C@H]1CC[C@H](Oc2cc(=O)n(C)cc2-c2cc(C(C)(C)O)ccc2Oc2c(C)cc(C(C)(C)O)cc2C)CC1. The van der Waals surface area contributed by atoms with Gasteiger partial charge in [-0.05, 0) is 114 Å². The summed E-state index contributed by atoms with van der Waals surface area (Å²) in [6.45, 7) is 12.4. The fourth-order valence-electron chi connectivity index (χ4n) is 5.49. The summed E-state index contributed by atoms with van der Waals surface area (Å²) in [4.78, 5) is 24.3. The standard InChI is InChI=1S/C34H44N2O6/c1-20-15-24(34(6,7)40)16-21(2)32(20)42-29-14-9-23(33(4,5)39)17-27(29)28-19-36(8)31(38)18-30(28)41-26-12-10-25(11-13-26)35-22(3)37/h9,14-19,25-26,39-40H,10-13H2,1-8H3,(H,35,37)/t25-,26-. The number of pyridine rings is 1. The van der Waals surface area contributed by atoms with Crippen LogP contribution in [0.4, 0.5) is 0 Å². The highest BCUT2D eigenvalue weighted by molar-refractivity contribution is 5.77. The predicted octanol–water partition coefficient (Wildman–Crippen LogP) is 5.74. The third-order valence-corrected chi connectivity index (χ3v) is 7.92. The number of aromatic nitrogens is 1. The molecule has 0 bridgehead atoms. The smallest absolute Gasteiger partial charge is 0.254 e. The van der Waals surface area contributed by atoms with Crippen LogP contribution in [0.25, 0.3) is 11.1 Å². The third kappa shape index (κ3) is 7.23. The van der Waals surface area contributed by atoms with Gasteiger partial charge in [0.25, 0.3) is 5.56 Å². The van der Waals surface area contributed by atoms with Crippen LogP contribution < -0.4 is 20.3 Å². The second-order valence-electron chi connectivity index (χ2n) is 12.7. The summed E-state index contributed by atoms with van der Waals surface area (Å²) < 4.78 is 14.6. The zero-order chi connectivity index (χ0) is 31.0. The minimum atomic E-state index is -1.11.